The molecule has 2 N–H and O–H groups in total. The molecular weight excluding hydrogens is 511 g/mol. The van der Waals surface area contributed by atoms with Crippen molar-refractivity contribution < 1.29 is 4.74 Å². The lowest BCUT2D eigenvalue weighted by Crippen LogP contribution is -2.41. The van der Waals surface area contributed by atoms with E-state index >= 15 is 0 Å². The minimum atomic E-state index is 0. The molecule has 0 bridgehead atoms. The van der Waals surface area contributed by atoms with Gasteiger partial charge in [-0.2, -0.15) is 0 Å². The van der Waals surface area contributed by atoms with Crippen molar-refractivity contribution in [1.29, 1.82) is 0 Å². The molecule has 0 radical (unpaired) electrons. The van der Waals surface area contributed by atoms with Gasteiger partial charge in [0, 0.05) is 49.9 Å². The summed E-state index contributed by atoms with van der Waals surface area (Å²) in [5, 5.41) is 7.90. The Labute approximate surface area is 200 Å². The molecule has 0 spiro atoms. The lowest BCUT2D eigenvalue weighted by Gasteiger charge is -2.32. The van der Waals surface area contributed by atoms with Crippen LogP contribution in [0.2, 0.25) is 0 Å². The molecule has 1 aliphatic rings. The van der Waals surface area contributed by atoms with E-state index in [4.69, 9.17) is 9.73 Å². The molecule has 0 saturated carbocycles. The van der Waals surface area contributed by atoms with Crippen molar-refractivity contribution >= 4 is 47.1 Å². The summed E-state index contributed by atoms with van der Waals surface area (Å²) in [6.45, 7) is 11.1. The molecule has 1 atom stereocenters. The predicted octanol–water partition coefficient (Wildman–Crippen LogP) is 3.24. The Bertz CT molecular complexity index is 799. The van der Waals surface area contributed by atoms with Gasteiger partial charge in [0.1, 0.15) is 5.82 Å². The van der Waals surface area contributed by atoms with Gasteiger partial charge in [0.2, 0.25) is 0 Å². The van der Waals surface area contributed by atoms with E-state index < -0.39 is 0 Å². The van der Waals surface area contributed by atoms with Gasteiger partial charge in [-0.1, -0.05) is 6.92 Å². The van der Waals surface area contributed by atoms with Crippen molar-refractivity contribution in [2.75, 3.05) is 37.7 Å². The maximum atomic E-state index is 5.63. The van der Waals surface area contributed by atoms with Crippen LogP contribution in [0.5, 0.6) is 0 Å². The Balaban J connectivity index is 0.00000320. The summed E-state index contributed by atoms with van der Waals surface area (Å²) >= 11 is 1.79. The number of hydrogen-bond acceptors (Lipinski definition) is 6. The van der Waals surface area contributed by atoms with Gasteiger partial charge in [-0.3, -0.25) is 0 Å². The lowest BCUT2D eigenvalue weighted by atomic mass is 10.2. The van der Waals surface area contributed by atoms with E-state index in [-0.39, 0.29) is 30.1 Å². The molecule has 1 fully saturated rings. The van der Waals surface area contributed by atoms with Crippen LogP contribution in [0.3, 0.4) is 0 Å². The molecule has 166 valence electrons. The molecule has 0 aromatic carbocycles. The summed E-state index contributed by atoms with van der Waals surface area (Å²) < 4.78 is 5.63. The van der Waals surface area contributed by atoms with Gasteiger partial charge in [-0.15, -0.1) is 35.3 Å². The molecule has 2 aromatic heterocycles. The van der Waals surface area contributed by atoms with E-state index in [1.807, 2.05) is 18.5 Å². The number of rotatable bonds is 8. The number of morpholine rings is 1. The van der Waals surface area contributed by atoms with E-state index in [0.717, 1.165) is 63.0 Å². The van der Waals surface area contributed by atoms with Crippen LogP contribution in [0, 0.1) is 0 Å². The number of thiazole rings is 1. The van der Waals surface area contributed by atoms with E-state index in [0.29, 0.717) is 6.54 Å². The maximum Gasteiger partial charge on any atom is 0.191 e. The standard InChI is InChI=1S/C21H32N6OS.HI/c1-4-18-14-25-20(29-18)7-9-24-21(22-5-2)26-13-17-6-8-23-19(12-17)27-10-11-28-16(3)15-27;/h6,8,12,14,16H,4-5,7,9-11,13,15H2,1-3H3,(H2,22,24,26);1H. The molecule has 2 aromatic rings. The number of aliphatic imine (C=N–C) groups is 1. The van der Waals surface area contributed by atoms with Crippen molar-refractivity contribution in [3.63, 3.8) is 0 Å². The zero-order valence-corrected chi connectivity index (χ0v) is 21.2. The van der Waals surface area contributed by atoms with Gasteiger partial charge >= 0.3 is 0 Å². The Morgan fingerprint density at radius 3 is 2.93 bits per heavy atom. The lowest BCUT2D eigenvalue weighted by molar-refractivity contribution is 0.0529. The molecule has 1 aliphatic heterocycles. The van der Waals surface area contributed by atoms with Crippen LogP contribution < -0.4 is 15.5 Å². The fourth-order valence-corrected chi connectivity index (χ4v) is 4.05. The molecule has 0 amide bonds. The fraction of sp³-hybridized carbons (Fsp3) is 0.571. The van der Waals surface area contributed by atoms with Crippen LogP contribution in [0.25, 0.3) is 0 Å². The summed E-state index contributed by atoms with van der Waals surface area (Å²) in [4.78, 5) is 17.4. The van der Waals surface area contributed by atoms with Crippen LogP contribution in [-0.4, -0.2) is 54.8 Å². The monoisotopic (exact) mass is 544 g/mol. The molecule has 3 rings (SSSR count). The second kappa shape index (κ2) is 13.1. The van der Waals surface area contributed by atoms with E-state index in [2.05, 4.69) is 52.3 Å². The first-order chi connectivity index (χ1) is 14.2. The van der Waals surface area contributed by atoms with Gasteiger partial charge in [-0.05, 0) is 38.0 Å². The summed E-state index contributed by atoms with van der Waals surface area (Å²) in [5.41, 5.74) is 1.15. The number of ether oxygens (including phenoxy) is 1. The number of aryl methyl sites for hydroxylation is 1. The van der Waals surface area contributed by atoms with Gasteiger partial charge in [0.05, 0.1) is 24.3 Å². The highest BCUT2D eigenvalue weighted by Crippen LogP contribution is 2.17. The SMILES string of the molecule is CCNC(=NCc1ccnc(N2CCOC(C)C2)c1)NCCc1ncc(CC)s1.I. The molecular formula is C21H33IN6OS. The summed E-state index contributed by atoms with van der Waals surface area (Å²) in [6, 6.07) is 4.16. The Kier molecular flexibility index (Phi) is 10.8. The first kappa shape index (κ1) is 24.8. The zero-order chi connectivity index (χ0) is 20.5. The first-order valence-electron chi connectivity index (χ1n) is 10.4. The Hall–Kier alpha value is -1.46. The fourth-order valence-electron chi connectivity index (χ4n) is 3.19. The van der Waals surface area contributed by atoms with Gasteiger partial charge in [0.15, 0.2) is 5.96 Å². The van der Waals surface area contributed by atoms with Crippen molar-refractivity contribution in [2.45, 2.75) is 46.3 Å². The first-order valence-corrected chi connectivity index (χ1v) is 11.3. The van der Waals surface area contributed by atoms with E-state index in [9.17, 15) is 0 Å². The molecule has 1 unspecified atom stereocenters. The second-order valence-electron chi connectivity index (χ2n) is 7.10. The number of pyridine rings is 1. The van der Waals surface area contributed by atoms with Crippen molar-refractivity contribution in [3.05, 3.63) is 40.0 Å². The highest BCUT2D eigenvalue weighted by molar-refractivity contribution is 14.0. The number of nitrogens with zero attached hydrogens (tertiary/aromatic N) is 4. The van der Waals surface area contributed by atoms with Crippen molar-refractivity contribution in [3.8, 4) is 0 Å². The van der Waals surface area contributed by atoms with Crippen LogP contribution in [0.1, 0.15) is 36.2 Å². The van der Waals surface area contributed by atoms with Crippen molar-refractivity contribution in [1.82, 2.24) is 20.6 Å². The molecule has 0 aliphatic carbocycles. The third-order valence-corrected chi connectivity index (χ3v) is 5.92. The van der Waals surface area contributed by atoms with Gasteiger partial charge in [-0.25, -0.2) is 15.0 Å². The smallest absolute Gasteiger partial charge is 0.191 e. The number of hydrogen-bond donors (Lipinski definition) is 2. The maximum absolute atomic E-state index is 5.63. The van der Waals surface area contributed by atoms with Crippen LogP contribution in [0.15, 0.2) is 29.5 Å². The van der Waals surface area contributed by atoms with E-state index in [1.54, 1.807) is 11.3 Å². The molecule has 1 saturated heterocycles. The highest BCUT2D eigenvalue weighted by atomic mass is 127. The normalized spacial score (nSPS) is 16.8. The zero-order valence-electron chi connectivity index (χ0n) is 18.1. The number of guanidine groups is 1. The quantitative estimate of drug-likeness (QED) is 0.302. The largest absolute Gasteiger partial charge is 0.375 e. The predicted molar refractivity (Wildman–Crippen MR) is 135 cm³/mol. The Morgan fingerprint density at radius 2 is 2.20 bits per heavy atom. The number of aromatic nitrogens is 2. The number of nitrogens with one attached hydrogen (secondary N) is 2. The molecule has 3 heterocycles. The average Bonchev–Trinajstić information content (AvgIpc) is 3.20. The van der Waals surface area contributed by atoms with E-state index in [1.165, 1.54) is 9.88 Å². The van der Waals surface area contributed by atoms with Crippen LogP contribution in [-0.2, 0) is 24.1 Å². The second-order valence-corrected chi connectivity index (χ2v) is 8.30. The highest BCUT2D eigenvalue weighted by Gasteiger charge is 2.18. The topological polar surface area (TPSA) is 74.7 Å². The summed E-state index contributed by atoms with van der Waals surface area (Å²) in [7, 11) is 0. The minimum absolute atomic E-state index is 0. The minimum Gasteiger partial charge on any atom is -0.375 e. The third kappa shape index (κ3) is 7.66. The molecule has 30 heavy (non-hydrogen) atoms. The summed E-state index contributed by atoms with van der Waals surface area (Å²) in [6.07, 6.45) is 6.04. The number of halogens is 1. The van der Waals surface area contributed by atoms with Gasteiger partial charge < -0.3 is 20.3 Å². The Morgan fingerprint density at radius 1 is 1.33 bits per heavy atom. The summed E-state index contributed by atoms with van der Waals surface area (Å²) in [5.74, 6) is 1.83. The molecule has 9 heteroatoms. The average molecular weight is 545 g/mol. The van der Waals surface area contributed by atoms with Crippen LogP contribution in [0.4, 0.5) is 5.82 Å². The van der Waals surface area contributed by atoms with Crippen LogP contribution >= 0.6 is 35.3 Å². The van der Waals surface area contributed by atoms with Gasteiger partial charge in [0.25, 0.3) is 0 Å². The van der Waals surface area contributed by atoms with Crippen molar-refractivity contribution in [2.24, 2.45) is 4.99 Å². The third-order valence-electron chi connectivity index (χ3n) is 4.72. The number of anilines is 1. The molecule has 7 nitrogen and oxygen atoms in total.